The van der Waals surface area contributed by atoms with E-state index in [1.807, 2.05) is 0 Å². The lowest BCUT2D eigenvalue weighted by Crippen LogP contribution is -2.37. The highest BCUT2D eigenvalue weighted by atomic mass is 16.5. The Morgan fingerprint density at radius 1 is 0.958 bits per heavy atom. The molecular formula is C15H18N2O7. The monoisotopic (exact) mass is 338 g/mol. The number of benzene rings is 1. The van der Waals surface area contributed by atoms with Crippen molar-refractivity contribution in [2.45, 2.75) is 0 Å². The molecule has 130 valence electrons. The normalized spacial score (nSPS) is 9.79. The topological polar surface area (TPSA) is 120 Å². The SMILES string of the molecule is COCCNC(=O)C(=O)Nc1cc(C(=O)OC)ccc1C(=O)OC. The molecule has 0 saturated heterocycles. The maximum absolute atomic E-state index is 11.9. The van der Waals surface area contributed by atoms with Crippen molar-refractivity contribution in [3.8, 4) is 0 Å². The second-order valence-corrected chi connectivity index (χ2v) is 4.45. The highest BCUT2D eigenvalue weighted by Crippen LogP contribution is 2.19. The predicted molar refractivity (Wildman–Crippen MR) is 82.6 cm³/mol. The minimum Gasteiger partial charge on any atom is -0.465 e. The summed E-state index contributed by atoms with van der Waals surface area (Å²) in [5.41, 5.74) is 0.0417. The molecule has 24 heavy (non-hydrogen) atoms. The summed E-state index contributed by atoms with van der Waals surface area (Å²) in [5, 5.41) is 4.60. The summed E-state index contributed by atoms with van der Waals surface area (Å²) in [6.07, 6.45) is 0. The van der Waals surface area contributed by atoms with Gasteiger partial charge >= 0.3 is 23.8 Å². The molecule has 0 saturated carbocycles. The van der Waals surface area contributed by atoms with Crippen LogP contribution in [0, 0.1) is 0 Å². The van der Waals surface area contributed by atoms with Gasteiger partial charge in [0, 0.05) is 13.7 Å². The van der Waals surface area contributed by atoms with Crippen LogP contribution in [0.2, 0.25) is 0 Å². The fraction of sp³-hybridized carbons (Fsp3) is 0.333. The average Bonchev–Trinajstić information content (AvgIpc) is 2.60. The van der Waals surface area contributed by atoms with Gasteiger partial charge in [-0.05, 0) is 18.2 Å². The van der Waals surface area contributed by atoms with Crippen LogP contribution in [0.25, 0.3) is 0 Å². The Labute approximate surface area is 138 Å². The van der Waals surface area contributed by atoms with Crippen molar-refractivity contribution in [3.05, 3.63) is 29.3 Å². The van der Waals surface area contributed by atoms with Crippen molar-refractivity contribution >= 4 is 29.4 Å². The largest absolute Gasteiger partial charge is 0.465 e. The molecule has 2 N–H and O–H groups in total. The molecule has 0 aromatic heterocycles. The van der Waals surface area contributed by atoms with Crippen molar-refractivity contribution in [2.75, 3.05) is 39.8 Å². The lowest BCUT2D eigenvalue weighted by atomic mass is 10.1. The van der Waals surface area contributed by atoms with Crippen LogP contribution in [-0.2, 0) is 23.8 Å². The van der Waals surface area contributed by atoms with Gasteiger partial charge in [-0.3, -0.25) is 9.59 Å². The van der Waals surface area contributed by atoms with E-state index in [2.05, 4.69) is 20.1 Å². The Bertz CT molecular complexity index is 643. The lowest BCUT2D eigenvalue weighted by Gasteiger charge is -2.11. The summed E-state index contributed by atoms with van der Waals surface area (Å²) in [7, 11) is 3.81. The molecule has 0 atom stereocenters. The Morgan fingerprint density at radius 2 is 1.62 bits per heavy atom. The third-order valence-corrected chi connectivity index (χ3v) is 2.89. The molecule has 1 rings (SSSR count). The van der Waals surface area contributed by atoms with Crippen LogP contribution in [0.15, 0.2) is 18.2 Å². The van der Waals surface area contributed by atoms with Gasteiger partial charge in [-0.1, -0.05) is 0 Å². The summed E-state index contributed by atoms with van der Waals surface area (Å²) in [4.78, 5) is 46.9. The highest BCUT2D eigenvalue weighted by Gasteiger charge is 2.20. The minimum absolute atomic E-state index is 0.0109. The molecule has 0 unspecified atom stereocenters. The van der Waals surface area contributed by atoms with Crippen LogP contribution in [-0.4, -0.2) is 58.2 Å². The number of esters is 2. The fourth-order valence-electron chi connectivity index (χ4n) is 1.71. The molecule has 0 fully saturated rings. The van der Waals surface area contributed by atoms with Crippen molar-refractivity contribution in [2.24, 2.45) is 0 Å². The predicted octanol–water partition coefficient (Wildman–Crippen LogP) is -0.0391. The van der Waals surface area contributed by atoms with E-state index >= 15 is 0 Å². The number of hydrogen-bond acceptors (Lipinski definition) is 7. The van der Waals surface area contributed by atoms with E-state index in [-0.39, 0.29) is 30.0 Å². The maximum Gasteiger partial charge on any atom is 0.339 e. The first-order chi connectivity index (χ1) is 11.4. The first-order valence-electron chi connectivity index (χ1n) is 6.83. The Balaban J connectivity index is 3.01. The van der Waals surface area contributed by atoms with Crippen LogP contribution in [0.1, 0.15) is 20.7 Å². The summed E-state index contributed by atoms with van der Waals surface area (Å²) in [6, 6.07) is 3.85. The molecule has 1 aromatic carbocycles. The molecule has 0 aliphatic heterocycles. The molecule has 0 heterocycles. The van der Waals surface area contributed by atoms with Crippen LogP contribution in [0.4, 0.5) is 5.69 Å². The van der Waals surface area contributed by atoms with Crippen molar-refractivity contribution < 1.29 is 33.4 Å². The summed E-state index contributed by atoms with van der Waals surface area (Å²) in [6.45, 7) is 0.388. The van der Waals surface area contributed by atoms with Gasteiger partial charge in [0.05, 0.1) is 37.6 Å². The van der Waals surface area contributed by atoms with Crippen molar-refractivity contribution in [1.82, 2.24) is 5.32 Å². The lowest BCUT2D eigenvalue weighted by molar-refractivity contribution is -0.136. The summed E-state index contributed by atoms with van der Waals surface area (Å²) < 4.78 is 13.9. The molecule has 9 nitrogen and oxygen atoms in total. The number of rotatable bonds is 6. The van der Waals surface area contributed by atoms with Gasteiger partial charge in [-0.2, -0.15) is 0 Å². The van der Waals surface area contributed by atoms with E-state index in [4.69, 9.17) is 4.74 Å². The Hall–Kier alpha value is -2.94. The zero-order valence-electron chi connectivity index (χ0n) is 13.5. The zero-order chi connectivity index (χ0) is 18.1. The standard InChI is InChI=1S/C15H18N2O7/c1-22-7-6-16-12(18)13(19)17-11-8-9(14(20)23-2)4-5-10(11)15(21)24-3/h4-5,8H,6-7H2,1-3H3,(H,16,18)(H,17,19). The number of ether oxygens (including phenoxy) is 3. The molecular weight excluding hydrogens is 320 g/mol. The highest BCUT2D eigenvalue weighted by molar-refractivity contribution is 6.40. The smallest absolute Gasteiger partial charge is 0.339 e. The number of nitrogens with one attached hydrogen (secondary N) is 2. The molecule has 0 radical (unpaired) electrons. The molecule has 9 heteroatoms. The second-order valence-electron chi connectivity index (χ2n) is 4.45. The van der Waals surface area contributed by atoms with Gasteiger partial charge in [0.25, 0.3) is 0 Å². The van der Waals surface area contributed by atoms with Crippen LogP contribution >= 0.6 is 0 Å². The molecule has 0 aliphatic rings. The summed E-state index contributed by atoms with van der Waals surface area (Å²) in [5.74, 6) is -3.31. The average molecular weight is 338 g/mol. The third kappa shape index (κ3) is 5.06. The number of carbonyl (C=O) groups excluding carboxylic acids is 4. The van der Waals surface area contributed by atoms with Crippen molar-refractivity contribution in [1.29, 1.82) is 0 Å². The molecule has 1 aromatic rings. The number of carbonyl (C=O) groups is 4. The molecule has 0 aliphatic carbocycles. The Kier molecular flexibility index (Phi) is 7.37. The summed E-state index contributed by atoms with van der Waals surface area (Å²) >= 11 is 0. The number of hydrogen-bond donors (Lipinski definition) is 2. The van der Waals surface area contributed by atoms with Crippen LogP contribution in [0.5, 0.6) is 0 Å². The van der Waals surface area contributed by atoms with E-state index in [1.54, 1.807) is 0 Å². The third-order valence-electron chi connectivity index (χ3n) is 2.89. The first-order valence-corrected chi connectivity index (χ1v) is 6.83. The maximum atomic E-state index is 11.9. The minimum atomic E-state index is -1.00. The van der Waals surface area contributed by atoms with Gasteiger partial charge in [0.2, 0.25) is 0 Å². The van der Waals surface area contributed by atoms with Gasteiger partial charge in [0.1, 0.15) is 0 Å². The molecule has 0 bridgehead atoms. The van der Waals surface area contributed by atoms with E-state index in [0.717, 1.165) is 0 Å². The fourth-order valence-corrected chi connectivity index (χ4v) is 1.71. The van der Waals surface area contributed by atoms with E-state index in [1.165, 1.54) is 39.5 Å². The number of methoxy groups -OCH3 is 3. The molecule has 2 amide bonds. The Morgan fingerprint density at radius 3 is 2.21 bits per heavy atom. The van der Waals surface area contributed by atoms with Gasteiger partial charge in [0.15, 0.2) is 0 Å². The van der Waals surface area contributed by atoms with E-state index < -0.39 is 23.8 Å². The van der Waals surface area contributed by atoms with Crippen LogP contribution < -0.4 is 10.6 Å². The number of anilines is 1. The van der Waals surface area contributed by atoms with Gasteiger partial charge < -0.3 is 24.8 Å². The second kappa shape index (κ2) is 9.26. The van der Waals surface area contributed by atoms with Gasteiger partial charge in [-0.15, -0.1) is 0 Å². The van der Waals surface area contributed by atoms with E-state index in [9.17, 15) is 19.2 Å². The quantitative estimate of drug-likeness (QED) is 0.424. The van der Waals surface area contributed by atoms with E-state index in [0.29, 0.717) is 0 Å². The van der Waals surface area contributed by atoms with Crippen molar-refractivity contribution in [3.63, 3.8) is 0 Å². The van der Waals surface area contributed by atoms with Crippen LogP contribution in [0.3, 0.4) is 0 Å². The first kappa shape index (κ1) is 19.1. The molecule has 0 spiro atoms. The number of amides is 2. The van der Waals surface area contributed by atoms with Gasteiger partial charge in [-0.25, -0.2) is 9.59 Å². The zero-order valence-corrected chi connectivity index (χ0v) is 13.5.